The monoisotopic (exact) mass is 277 g/mol. The van der Waals surface area contributed by atoms with E-state index in [0.29, 0.717) is 23.3 Å². The van der Waals surface area contributed by atoms with E-state index >= 15 is 0 Å². The van der Waals surface area contributed by atoms with E-state index < -0.39 is 0 Å². The van der Waals surface area contributed by atoms with Gasteiger partial charge in [0, 0.05) is 16.7 Å². The SMILES string of the molecule is CC(C)c1cc(N)nc(CSc2cccc(F)c2)n1. The number of anilines is 1. The lowest BCUT2D eigenvalue weighted by Gasteiger charge is -2.08. The molecule has 1 aromatic heterocycles. The van der Waals surface area contributed by atoms with Crippen molar-refractivity contribution >= 4 is 17.6 Å². The minimum absolute atomic E-state index is 0.235. The Balaban J connectivity index is 2.11. The van der Waals surface area contributed by atoms with Crippen LogP contribution in [-0.2, 0) is 5.75 Å². The van der Waals surface area contributed by atoms with Crippen LogP contribution >= 0.6 is 11.8 Å². The molecule has 0 aliphatic carbocycles. The number of rotatable bonds is 4. The quantitative estimate of drug-likeness (QED) is 0.867. The van der Waals surface area contributed by atoms with Crippen LogP contribution in [-0.4, -0.2) is 9.97 Å². The van der Waals surface area contributed by atoms with Crippen LogP contribution in [0.1, 0.15) is 31.3 Å². The summed E-state index contributed by atoms with van der Waals surface area (Å²) in [6.07, 6.45) is 0. The molecule has 1 heterocycles. The van der Waals surface area contributed by atoms with E-state index in [1.807, 2.05) is 6.07 Å². The van der Waals surface area contributed by atoms with Crippen LogP contribution in [0.15, 0.2) is 35.2 Å². The zero-order valence-electron chi connectivity index (χ0n) is 10.9. The normalized spacial score (nSPS) is 10.9. The van der Waals surface area contributed by atoms with Gasteiger partial charge in [-0.2, -0.15) is 0 Å². The number of nitrogen functional groups attached to an aromatic ring is 1. The summed E-state index contributed by atoms with van der Waals surface area (Å²) < 4.78 is 13.1. The molecule has 0 aliphatic heterocycles. The van der Waals surface area contributed by atoms with Crippen molar-refractivity contribution in [2.45, 2.75) is 30.4 Å². The van der Waals surface area contributed by atoms with Crippen molar-refractivity contribution in [2.24, 2.45) is 0 Å². The summed E-state index contributed by atoms with van der Waals surface area (Å²) in [7, 11) is 0. The van der Waals surface area contributed by atoms with Gasteiger partial charge in [-0.25, -0.2) is 14.4 Å². The minimum Gasteiger partial charge on any atom is -0.384 e. The van der Waals surface area contributed by atoms with Gasteiger partial charge in [-0.3, -0.25) is 0 Å². The average Bonchev–Trinajstić information content (AvgIpc) is 2.36. The summed E-state index contributed by atoms with van der Waals surface area (Å²) in [4.78, 5) is 9.53. The third-order valence-electron chi connectivity index (χ3n) is 2.57. The molecule has 19 heavy (non-hydrogen) atoms. The predicted molar refractivity (Wildman–Crippen MR) is 76.5 cm³/mol. The molecule has 0 radical (unpaired) electrons. The van der Waals surface area contributed by atoms with Crippen molar-refractivity contribution in [1.29, 1.82) is 0 Å². The van der Waals surface area contributed by atoms with E-state index in [2.05, 4.69) is 23.8 Å². The van der Waals surface area contributed by atoms with Gasteiger partial charge in [-0.05, 0) is 24.1 Å². The predicted octanol–water partition coefficient (Wildman–Crippen LogP) is 3.61. The standard InChI is InChI=1S/C14H16FN3S/c1-9(2)12-7-13(16)18-14(17-12)8-19-11-5-3-4-10(15)6-11/h3-7,9H,8H2,1-2H3,(H2,16,17,18). The molecule has 3 nitrogen and oxygen atoms in total. The molecule has 0 saturated heterocycles. The maximum absolute atomic E-state index is 13.1. The first-order valence-electron chi connectivity index (χ1n) is 6.06. The van der Waals surface area contributed by atoms with Gasteiger partial charge in [0.1, 0.15) is 17.5 Å². The molecule has 2 aromatic rings. The Labute approximate surface area is 116 Å². The van der Waals surface area contributed by atoms with Crippen LogP contribution < -0.4 is 5.73 Å². The molecular weight excluding hydrogens is 261 g/mol. The van der Waals surface area contributed by atoms with Gasteiger partial charge in [-0.1, -0.05) is 19.9 Å². The van der Waals surface area contributed by atoms with E-state index in [4.69, 9.17) is 5.73 Å². The second-order valence-corrected chi connectivity index (χ2v) is 5.58. The van der Waals surface area contributed by atoms with Crippen LogP contribution in [0, 0.1) is 5.82 Å². The zero-order chi connectivity index (χ0) is 13.8. The lowest BCUT2D eigenvalue weighted by Crippen LogP contribution is -2.03. The smallest absolute Gasteiger partial charge is 0.141 e. The average molecular weight is 277 g/mol. The van der Waals surface area contributed by atoms with Gasteiger partial charge in [0.25, 0.3) is 0 Å². The van der Waals surface area contributed by atoms with Crippen molar-refractivity contribution in [3.63, 3.8) is 0 Å². The van der Waals surface area contributed by atoms with Crippen LogP contribution in [0.5, 0.6) is 0 Å². The molecular formula is C14H16FN3S. The number of benzene rings is 1. The Morgan fingerprint density at radius 2 is 2.05 bits per heavy atom. The third kappa shape index (κ3) is 3.92. The molecule has 0 saturated carbocycles. The first kappa shape index (κ1) is 13.8. The second kappa shape index (κ2) is 6.02. The highest BCUT2D eigenvalue weighted by Gasteiger charge is 2.07. The number of hydrogen-bond acceptors (Lipinski definition) is 4. The molecule has 0 aliphatic rings. The highest BCUT2D eigenvalue weighted by molar-refractivity contribution is 7.98. The molecule has 100 valence electrons. The molecule has 0 spiro atoms. The van der Waals surface area contributed by atoms with E-state index in [9.17, 15) is 4.39 Å². The van der Waals surface area contributed by atoms with E-state index in [0.717, 1.165) is 10.6 Å². The minimum atomic E-state index is -0.235. The van der Waals surface area contributed by atoms with Crippen LogP contribution in [0.3, 0.4) is 0 Å². The number of nitrogens with two attached hydrogens (primary N) is 1. The largest absolute Gasteiger partial charge is 0.384 e. The highest BCUT2D eigenvalue weighted by Crippen LogP contribution is 2.23. The molecule has 0 atom stereocenters. The van der Waals surface area contributed by atoms with Crippen LogP contribution in [0.4, 0.5) is 10.2 Å². The third-order valence-corrected chi connectivity index (χ3v) is 3.56. The maximum atomic E-state index is 13.1. The van der Waals surface area contributed by atoms with Gasteiger partial charge in [0.05, 0.1) is 5.75 Å². The van der Waals surface area contributed by atoms with Crippen molar-refractivity contribution < 1.29 is 4.39 Å². The van der Waals surface area contributed by atoms with Gasteiger partial charge in [0.15, 0.2) is 0 Å². The van der Waals surface area contributed by atoms with Gasteiger partial charge < -0.3 is 5.73 Å². The van der Waals surface area contributed by atoms with Crippen molar-refractivity contribution in [1.82, 2.24) is 9.97 Å². The first-order valence-corrected chi connectivity index (χ1v) is 7.05. The van der Waals surface area contributed by atoms with Crippen LogP contribution in [0.25, 0.3) is 0 Å². The summed E-state index contributed by atoms with van der Waals surface area (Å²) in [5.74, 6) is 1.81. The summed E-state index contributed by atoms with van der Waals surface area (Å²) in [6, 6.07) is 8.28. The van der Waals surface area contributed by atoms with E-state index in [1.165, 1.54) is 23.9 Å². The highest BCUT2D eigenvalue weighted by atomic mass is 32.2. The second-order valence-electron chi connectivity index (χ2n) is 4.53. The summed E-state index contributed by atoms with van der Waals surface area (Å²) >= 11 is 1.50. The van der Waals surface area contributed by atoms with Crippen molar-refractivity contribution in [2.75, 3.05) is 5.73 Å². The number of halogens is 1. The van der Waals surface area contributed by atoms with Gasteiger partial charge in [0.2, 0.25) is 0 Å². The maximum Gasteiger partial charge on any atom is 0.141 e. The topological polar surface area (TPSA) is 51.8 Å². The molecule has 2 rings (SSSR count). The van der Waals surface area contributed by atoms with E-state index in [1.54, 1.807) is 12.1 Å². The number of thioether (sulfide) groups is 1. The van der Waals surface area contributed by atoms with Crippen molar-refractivity contribution in [3.8, 4) is 0 Å². The van der Waals surface area contributed by atoms with Gasteiger partial charge >= 0.3 is 0 Å². The number of nitrogens with zero attached hydrogens (tertiary/aromatic N) is 2. The molecule has 0 amide bonds. The zero-order valence-corrected chi connectivity index (χ0v) is 11.7. The Kier molecular flexibility index (Phi) is 4.37. The number of aromatic nitrogens is 2. The Hall–Kier alpha value is -1.62. The lowest BCUT2D eigenvalue weighted by atomic mass is 10.1. The van der Waals surface area contributed by atoms with Gasteiger partial charge in [-0.15, -0.1) is 11.8 Å². The molecule has 1 aromatic carbocycles. The molecule has 0 bridgehead atoms. The Morgan fingerprint density at radius 3 is 2.74 bits per heavy atom. The molecule has 2 N–H and O–H groups in total. The first-order chi connectivity index (χ1) is 9.04. The number of hydrogen-bond donors (Lipinski definition) is 1. The fourth-order valence-corrected chi connectivity index (χ4v) is 2.40. The van der Waals surface area contributed by atoms with E-state index in [-0.39, 0.29) is 5.82 Å². The fourth-order valence-electron chi connectivity index (χ4n) is 1.60. The fraction of sp³-hybridized carbons (Fsp3) is 0.286. The molecule has 0 unspecified atom stereocenters. The summed E-state index contributed by atoms with van der Waals surface area (Å²) in [6.45, 7) is 4.12. The Morgan fingerprint density at radius 1 is 1.26 bits per heavy atom. The van der Waals surface area contributed by atoms with Crippen molar-refractivity contribution in [3.05, 3.63) is 47.7 Å². The molecule has 0 fully saturated rings. The summed E-state index contributed by atoms with van der Waals surface area (Å²) in [5.41, 5.74) is 6.70. The van der Waals surface area contributed by atoms with Crippen LogP contribution in [0.2, 0.25) is 0 Å². The molecule has 5 heteroatoms. The lowest BCUT2D eigenvalue weighted by molar-refractivity contribution is 0.624. The summed E-state index contributed by atoms with van der Waals surface area (Å²) in [5, 5.41) is 0. The Bertz CT molecular complexity index is 572.